The molecule has 8 heteroatoms. The van der Waals surface area contributed by atoms with Crippen molar-refractivity contribution in [1.82, 2.24) is 10.2 Å². The molecule has 0 spiro atoms. The van der Waals surface area contributed by atoms with Crippen molar-refractivity contribution in [2.75, 3.05) is 57.9 Å². The van der Waals surface area contributed by atoms with Crippen molar-refractivity contribution < 1.29 is 19.0 Å². The highest BCUT2D eigenvalue weighted by Gasteiger charge is 2.15. The van der Waals surface area contributed by atoms with E-state index in [0.29, 0.717) is 42.8 Å². The number of rotatable bonds is 5. The van der Waals surface area contributed by atoms with Crippen molar-refractivity contribution in [3.63, 3.8) is 0 Å². The third-order valence-electron chi connectivity index (χ3n) is 5.60. The van der Waals surface area contributed by atoms with Crippen LogP contribution < -0.4 is 20.1 Å². The molecule has 0 radical (unpaired) electrons. The number of nitrogens with one attached hydrogen (secondary N) is 2. The van der Waals surface area contributed by atoms with Gasteiger partial charge in [-0.25, -0.2) is 0 Å². The lowest BCUT2D eigenvalue weighted by molar-refractivity contribution is 0.0394. The van der Waals surface area contributed by atoms with Crippen LogP contribution in [0.25, 0.3) is 0 Å². The topological polar surface area (TPSA) is 84.4 Å². The summed E-state index contributed by atoms with van der Waals surface area (Å²) >= 11 is 0. The molecule has 0 aliphatic carbocycles. The maximum atomic E-state index is 12.9. The molecule has 8 nitrogen and oxygen atoms in total. The smallest absolute Gasteiger partial charge is 0.257 e. The fraction of sp³-hybridized carbons (Fsp3) is 0.417. The Morgan fingerprint density at radius 1 is 0.969 bits per heavy atom. The van der Waals surface area contributed by atoms with Crippen molar-refractivity contribution in [1.29, 1.82) is 0 Å². The summed E-state index contributed by atoms with van der Waals surface area (Å²) in [5.74, 6) is 1.59. The molecule has 2 aromatic carbocycles. The SMILES string of the molecule is Cc1ccc(C(=O)NC(=NCCN2CCOCC2)Nc2ccc3c(c2)OCCO3)cc1C. The summed E-state index contributed by atoms with van der Waals surface area (Å²) in [5.41, 5.74) is 3.58. The van der Waals surface area contributed by atoms with Gasteiger partial charge in [0, 0.05) is 37.0 Å². The van der Waals surface area contributed by atoms with E-state index in [1.165, 1.54) is 0 Å². The van der Waals surface area contributed by atoms with Crippen LogP contribution in [0.5, 0.6) is 11.5 Å². The van der Waals surface area contributed by atoms with Gasteiger partial charge in [0.05, 0.1) is 19.8 Å². The third-order valence-corrected chi connectivity index (χ3v) is 5.60. The Morgan fingerprint density at radius 3 is 2.53 bits per heavy atom. The maximum Gasteiger partial charge on any atom is 0.257 e. The van der Waals surface area contributed by atoms with Crippen LogP contribution >= 0.6 is 0 Å². The van der Waals surface area contributed by atoms with Crippen LogP contribution in [0.1, 0.15) is 21.5 Å². The van der Waals surface area contributed by atoms with Crippen molar-refractivity contribution in [3.05, 3.63) is 53.1 Å². The molecule has 1 fully saturated rings. The monoisotopic (exact) mass is 438 g/mol. The normalized spacial score (nSPS) is 16.5. The zero-order chi connectivity index (χ0) is 22.3. The number of anilines is 1. The van der Waals surface area contributed by atoms with Gasteiger partial charge in [0.25, 0.3) is 5.91 Å². The van der Waals surface area contributed by atoms with E-state index in [0.717, 1.165) is 49.7 Å². The van der Waals surface area contributed by atoms with Gasteiger partial charge in [-0.05, 0) is 49.2 Å². The molecule has 32 heavy (non-hydrogen) atoms. The van der Waals surface area contributed by atoms with Gasteiger partial charge in [-0.1, -0.05) is 6.07 Å². The zero-order valence-corrected chi connectivity index (χ0v) is 18.6. The van der Waals surface area contributed by atoms with Gasteiger partial charge < -0.3 is 19.5 Å². The molecule has 0 atom stereocenters. The van der Waals surface area contributed by atoms with Gasteiger partial charge in [0.2, 0.25) is 5.96 Å². The lowest BCUT2D eigenvalue weighted by Gasteiger charge is -2.25. The number of fused-ring (bicyclic) bond motifs is 1. The largest absolute Gasteiger partial charge is 0.486 e. The van der Waals surface area contributed by atoms with E-state index in [4.69, 9.17) is 14.2 Å². The lowest BCUT2D eigenvalue weighted by Crippen LogP contribution is -2.39. The molecule has 2 aliphatic rings. The van der Waals surface area contributed by atoms with Crippen LogP contribution in [-0.4, -0.2) is 69.4 Å². The minimum absolute atomic E-state index is 0.205. The Hall–Kier alpha value is -3.10. The highest BCUT2D eigenvalue weighted by molar-refractivity contribution is 6.10. The summed E-state index contributed by atoms with van der Waals surface area (Å²) in [4.78, 5) is 19.9. The average Bonchev–Trinajstić information content (AvgIpc) is 2.81. The molecule has 2 heterocycles. The van der Waals surface area contributed by atoms with E-state index in [-0.39, 0.29) is 5.91 Å². The van der Waals surface area contributed by atoms with Crippen molar-refractivity contribution in [2.24, 2.45) is 4.99 Å². The number of nitrogens with zero attached hydrogens (tertiary/aromatic N) is 2. The number of hydrogen-bond donors (Lipinski definition) is 2. The summed E-state index contributed by atoms with van der Waals surface area (Å²) in [6.07, 6.45) is 0. The van der Waals surface area contributed by atoms with E-state index in [2.05, 4.69) is 20.5 Å². The highest BCUT2D eigenvalue weighted by atomic mass is 16.6. The second-order valence-electron chi connectivity index (χ2n) is 7.92. The quantitative estimate of drug-likeness (QED) is 0.552. The molecule has 2 aromatic rings. The third kappa shape index (κ3) is 5.77. The molecule has 1 amide bonds. The summed E-state index contributed by atoms with van der Waals surface area (Å²) < 4.78 is 16.7. The molecule has 1 saturated heterocycles. The van der Waals surface area contributed by atoms with Gasteiger partial charge >= 0.3 is 0 Å². The molecule has 170 valence electrons. The van der Waals surface area contributed by atoms with E-state index in [9.17, 15) is 4.79 Å². The molecule has 4 rings (SSSR count). The van der Waals surface area contributed by atoms with E-state index < -0.39 is 0 Å². The Labute approximate surface area is 188 Å². The lowest BCUT2D eigenvalue weighted by atomic mass is 10.1. The number of ether oxygens (including phenoxy) is 3. The molecule has 2 aliphatic heterocycles. The van der Waals surface area contributed by atoms with Crippen molar-refractivity contribution in [3.8, 4) is 11.5 Å². The number of morpholine rings is 1. The number of hydrogen-bond acceptors (Lipinski definition) is 6. The van der Waals surface area contributed by atoms with E-state index >= 15 is 0 Å². The van der Waals surface area contributed by atoms with Gasteiger partial charge in [-0.15, -0.1) is 0 Å². The first-order chi connectivity index (χ1) is 15.6. The van der Waals surface area contributed by atoms with Crippen molar-refractivity contribution >= 4 is 17.6 Å². The van der Waals surface area contributed by atoms with Crippen LogP contribution in [0, 0.1) is 13.8 Å². The van der Waals surface area contributed by atoms with Gasteiger partial charge in [0.1, 0.15) is 13.2 Å². The average molecular weight is 439 g/mol. The first-order valence-electron chi connectivity index (χ1n) is 11.0. The fourth-order valence-corrected chi connectivity index (χ4v) is 3.56. The van der Waals surface area contributed by atoms with Crippen LogP contribution in [0.4, 0.5) is 5.69 Å². The van der Waals surface area contributed by atoms with Crippen molar-refractivity contribution in [2.45, 2.75) is 13.8 Å². The number of aryl methyl sites for hydroxylation is 2. The van der Waals surface area contributed by atoms with Crippen LogP contribution in [0.2, 0.25) is 0 Å². The number of carbonyl (C=O) groups is 1. The Morgan fingerprint density at radius 2 is 1.75 bits per heavy atom. The molecule has 0 saturated carbocycles. The number of aliphatic imine (C=N–C) groups is 1. The Kier molecular flexibility index (Phi) is 7.24. The van der Waals surface area contributed by atoms with Crippen LogP contribution in [0.3, 0.4) is 0 Å². The summed E-state index contributed by atoms with van der Waals surface area (Å²) in [7, 11) is 0. The number of carbonyl (C=O) groups excluding carboxylic acids is 1. The molecule has 0 aromatic heterocycles. The number of amides is 1. The first kappa shape index (κ1) is 22.1. The number of benzene rings is 2. The van der Waals surface area contributed by atoms with Gasteiger partial charge in [-0.2, -0.15) is 0 Å². The standard InChI is InChI=1S/C24H30N4O4/c1-17-3-4-19(15-18(17)2)23(29)27-24(25-7-8-28-9-11-30-12-10-28)26-20-5-6-21-22(16-20)32-14-13-31-21/h3-6,15-16H,7-14H2,1-2H3,(H2,25,26,27,29). The molecular formula is C24H30N4O4. The molecule has 2 N–H and O–H groups in total. The zero-order valence-electron chi connectivity index (χ0n) is 18.6. The van der Waals surface area contributed by atoms with Gasteiger partial charge in [0.15, 0.2) is 11.5 Å². The predicted octanol–water partition coefficient (Wildman–Crippen LogP) is 2.60. The fourth-order valence-electron chi connectivity index (χ4n) is 3.56. The van der Waals surface area contributed by atoms with Crippen LogP contribution in [0.15, 0.2) is 41.4 Å². The predicted molar refractivity (Wildman–Crippen MR) is 124 cm³/mol. The summed E-state index contributed by atoms with van der Waals surface area (Å²) in [6.45, 7) is 9.72. The Bertz CT molecular complexity index is 986. The minimum atomic E-state index is -0.205. The second kappa shape index (κ2) is 10.5. The summed E-state index contributed by atoms with van der Waals surface area (Å²) in [6, 6.07) is 11.3. The number of guanidine groups is 1. The Balaban J connectivity index is 1.48. The first-order valence-corrected chi connectivity index (χ1v) is 11.0. The minimum Gasteiger partial charge on any atom is -0.486 e. The maximum absolute atomic E-state index is 12.9. The summed E-state index contributed by atoms with van der Waals surface area (Å²) in [5, 5.41) is 6.16. The van der Waals surface area contributed by atoms with E-state index in [1.807, 2.05) is 50.2 Å². The molecule has 0 bridgehead atoms. The van der Waals surface area contributed by atoms with E-state index in [1.54, 1.807) is 0 Å². The van der Waals surface area contributed by atoms with Gasteiger partial charge in [-0.3, -0.25) is 20.0 Å². The molecular weight excluding hydrogens is 408 g/mol. The molecule has 0 unspecified atom stereocenters. The second-order valence-corrected chi connectivity index (χ2v) is 7.92. The highest BCUT2D eigenvalue weighted by Crippen LogP contribution is 2.32. The van der Waals surface area contributed by atoms with Crippen LogP contribution in [-0.2, 0) is 4.74 Å².